The molecule has 0 saturated carbocycles. The molecule has 1 aromatic carbocycles. The highest BCUT2D eigenvalue weighted by molar-refractivity contribution is 5.84. The normalized spacial score (nSPS) is 10.2. The molecule has 0 aliphatic rings. The lowest BCUT2D eigenvalue weighted by atomic mass is 10.1. The molecule has 2 rings (SSSR count). The maximum Gasteiger partial charge on any atom is 0.255 e. The van der Waals surface area contributed by atoms with Gasteiger partial charge in [-0.1, -0.05) is 6.07 Å². The van der Waals surface area contributed by atoms with E-state index in [9.17, 15) is 4.79 Å². The van der Waals surface area contributed by atoms with Gasteiger partial charge in [-0.25, -0.2) is 0 Å². The minimum atomic E-state index is -0.158. The number of aromatic amines is 1. The van der Waals surface area contributed by atoms with E-state index in [1.54, 1.807) is 30.5 Å². The van der Waals surface area contributed by atoms with Gasteiger partial charge in [-0.05, 0) is 23.6 Å². The summed E-state index contributed by atoms with van der Waals surface area (Å²) in [6, 6.07) is 6.86. The van der Waals surface area contributed by atoms with Crippen LogP contribution in [0.2, 0.25) is 0 Å². The first kappa shape index (κ1) is 7.82. The number of anilines is 1. The smallest absolute Gasteiger partial charge is 0.255 e. The van der Waals surface area contributed by atoms with E-state index < -0.39 is 0 Å². The molecule has 0 spiro atoms. The Hall–Kier alpha value is -1.81. The van der Waals surface area contributed by atoms with Crippen molar-refractivity contribution in [1.82, 2.24) is 4.98 Å². The SMILES string of the molecule is O=c1[nH]ccc2ccc(NO)cc12. The Bertz CT molecular complexity index is 490. The van der Waals surface area contributed by atoms with E-state index in [2.05, 4.69) is 4.98 Å². The van der Waals surface area contributed by atoms with Gasteiger partial charge >= 0.3 is 0 Å². The third kappa shape index (κ3) is 1.27. The molecule has 1 heterocycles. The van der Waals surface area contributed by atoms with Crippen molar-refractivity contribution in [2.24, 2.45) is 0 Å². The molecule has 0 amide bonds. The number of hydrogen-bond acceptors (Lipinski definition) is 3. The molecule has 0 fully saturated rings. The zero-order valence-corrected chi connectivity index (χ0v) is 6.74. The van der Waals surface area contributed by atoms with Gasteiger partial charge in [-0.15, -0.1) is 0 Å². The molecule has 13 heavy (non-hydrogen) atoms. The summed E-state index contributed by atoms with van der Waals surface area (Å²) in [5.41, 5.74) is 2.34. The molecule has 0 unspecified atom stereocenters. The zero-order chi connectivity index (χ0) is 9.26. The number of hydrogen-bond donors (Lipinski definition) is 3. The summed E-state index contributed by atoms with van der Waals surface area (Å²) in [4.78, 5) is 13.8. The Balaban J connectivity index is 2.82. The quantitative estimate of drug-likeness (QED) is 0.574. The average Bonchev–Trinajstić information content (AvgIpc) is 2.18. The molecule has 66 valence electrons. The third-order valence-corrected chi connectivity index (χ3v) is 1.90. The van der Waals surface area contributed by atoms with Crippen molar-refractivity contribution in [2.45, 2.75) is 0 Å². The highest BCUT2D eigenvalue weighted by Gasteiger charge is 1.98. The second kappa shape index (κ2) is 2.91. The van der Waals surface area contributed by atoms with Gasteiger partial charge in [0.1, 0.15) is 0 Å². The van der Waals surface area contributed by atoms with Gasteiger partial charge < -0.3 is 4.98 Å². The first-order valence-electron chi connectivity index (χ1n) is 3.83. The molecular formula is C9H8N2O2. The van der Waals surface area contributed by atoms with Crippen LogP contribution < -0.4 is 11.0 Å². The fourth-order valence-electron chi connectivity index (χ4n) is 1.25. The van der Waals surface area contributed by atoms with Gasteiger partial charge in [0.15, 0.2) is 0 Å². The van der Waals surface area contributed by atoms with E-state index in [1.165, 1.54) is 0 Å². The van der Waals surface area contributed by atoms with Crippen LogP contribution in [0.1, 0.15) is 0 Å². The summed E-state index contributed by atoms with van der Waals surface area (Å²) in [6.07, 6.45) is 1.59. The Kier molecular flexibility index (Phi) is 1.75. The first-order valence-corrected chi connectivity index (χ1v) is 3.83. The van der Waals surface area contributed by atoms with Gasteiger partial charge in [0.2, 0.25) is 0 Å². The van der Waals surface area contributed by atoms with Crippen molar-refractivity contribution < 1.29 is 5.21 Å². The minimum absolute atomic E-state index is 0.158. The Morgan fingerprint density at radius 2 is 2.15 bits per heavy atom. The molecule has 0 atom stereocenters. The van der Waals surface area contributed by atoms with Crippen molar-refractivity contribution in [1.29, 1.82) is 0 Å². The van der Waals surface area contributed by atoms with Crippen LogP contribution in [-0.2, 0) is 0 Å². The maximum absolute atomic E-state index is 11.3. The monoisotopic (exact) mass is 176 g/mol. The fraction of sp³-hybridized carbons (Fsp3) is 0. The number of nitrogens with one attached hydrogen (secondary N) is 2. The van der Waals surface area contributed by atoms with Gasteiger partial charge in [-0.2, -0.15) is 0 Å². The second-order valence-electron chi connectivity index (χ2n) is 2.72. The number of benzene rings is 1. The summed E-state index contributed by atoms with van der Waals surface area (Å²) in [6.45, 7) is 0. The Labute approximate surface area is 73.8 Å². The van der Waals surface area contributed by atoms with Gasteiger partial charge in [0, 0.05) is 11.6 Å². The van der Waals surface area contributed by atoms with Crippen LogP contribution in [-0.4, -0.2) is 10.2 Å². The molecule has 3 N–H and O–H groups in total. The maximum atomic E-state index is 11.3. The van der Waals surface area contributed by atoms with Gasteiger partial charge in [-0.3, -0.25) is 15.5 Å². The van der Waals surface area contributed by atoms with Crippen molar-refractivity contribution in [2.75, 3.05) is 5.48 Å². The van der Waals surface area contributed by atoms with Crippen LogP contribution in [0.5, 0.6) is 0 Å². The van der Waals surface area contributed by atoms with Crippen LogP contribution >= 0.6 is 0 Å². The Morgan fingerprint density at radius 3 is 2.92 bits per heavy atom. The second-order valence-corrected chi connectivity index (χ2v) is 2.72. The zero-order valence-electron chi connectivity index (χ0n) is 6.74. The first-order chi connectivity index (χ1) is 6.31. The van der Waals surface area contributed by atoms with E-state index in [0.717, 1.165) is 5.39 Å². The molecular weight excluding hydrogens is 168 g/mol. The van der Waals surface area contributed by atoms with Crippen LogP contribution in [0.25, 0.3) is 10.8 Å². The molecule has 0 saturated heterocycles. The van der Waals surface area contributed by atoms with Crippen molar-refractivity contribution >= 4 is 16.5 Å². The largest absolute Gasteiger partial charge is 0.329 e. The highest BCUT2D eigenvalue weighted by atomic mass is 16.5. The molecule has 4 heteroatoms. The van der Waals surface area contributed by atoms with E-state index in [0.29, 0.717) is 11.1 Å². The lowest BCUT2D eigenvalue weighted by Gasteiger charge is -1.99. The predicted octanol–water partition coefficient (Wildman–Crippen LogP) is 1.33. The van der Waals surface area contributed by atoms with E-state index >= 15 is 0 Å². The average molecular weight is 176 g/mol. The van der Waals surface area contributed by atoms with E-state index in [1.807, 2.05) is 5.48 Å². The molecule has 0 radical (unpaired) electrons. The minimum Gasteiger partial charge on any atom is -0.329 e. The molecule has 0 aliphatic heterocycles. The fourth-order valence-corrected chi connectivity index (χ4v) is 1.25. The molecule has 4 nitrogen and oxygen atoms in total. The summed E-state index contributed by atoms with van der Waals surface area (Å²) in [5.74, 6) is 0. The van der Waals surface area contributed by atoms with Gasteiger partial charge in [0.05, 0.1) is 5.69 Å². The molecule has 1 aromatic heterocycles. The lowest BCUT2D eigenvalue weighted by Crippen LogP contribution is -2.04. The number of aromatic nitrogens is 1. The standard InChI is InChI=1S/C9H8N2O2/c12-9-8-5-7(11-13)2-1-6(8)3-4-10-9/h1-5,11,13H,(H,10,12). The molecule has 2 aromatic rings. The summed E-state index contributed by atoms with van der Waals surface area (Å²) in [5, 5.41) is 10.0. The van der Waals surface area contributed by atoms with E-state index in [-0.39, 0.29) is 5.56 Å². The number of H-pyrrole nitrogens is 1. The van der Waals surface area contributed by atoms with E-state index in [4.69, 9.17) is 5.21 Å². The topological polar surface area (TPSA) is 65.1 Å². The van der Waals surface area contributed by atoms with Crippen molar-refractivity contribution in [3.63, 3.8) is 0 Å². The predicted molar refractivity (Wildman–Crippen MR) is 50.0 cm³/mol. The summed E-state index contributed by atoms with van der Waals surface area (Å²) < 4.78 is 0. The van der Waals surface area contributed by atoms with Gasteiger partial charge in [0.25, 0.3) is 5.56 Å². The molecule has 0 aliphatic carbocycles. The highest BCUT2D eigenvalue weighted by Crippen LogP contribution is 2.14. The van der Waals surface area contributed by atoms with Crippen LogP contribution in [0.15, 0.2) is 35.3 Å². The third-order valence-electron chi connectivity index (χ3n) is 1.90. The van der Waals surface area contributed by atoms with Crippen LogP contribution in [0, 0.1) is 0 Å². The van der Waals surface area contributed by atoms with Crippen molar-refractivity contribution in [3.05, 3.63) is 40.8 Å². The molecule has 0 bridgehead atoms. The summed E-state index contributed by atoms with van der Waals surface area (Å²) in [7, 11) is 0. The number of rotatable bonds is 1. The summed E-state index contributed by atoms with van der Waals surface area (Å²) >= 11 is 0. The number of pyridine rings is 1. The Morgan fingerprint density at radius 1 is 1.31 bits per heavy atom. The van der Waals surface area contributed by atoms with Crippen LogP contribution in [0.3, 0.4) is 0 Å². The van der Waals surface area contributed by atoms with Crippen LogP contribution in [0.4, 0.5) is 5.69 Å². The lowest BCUT2D eigenvalue weighted by molar-refractivity contribution is 0.389. The van der Waals surface area contributed by atoms with Crippen molar-refractivity contribution in [3.8, 4) is 0 Å². The number of fused-ring (bicyclic) bond motifs is 1.